The summed E-state index contributed by atoms with van der Waals surface area (Å²) in [5.41, 5.74) is 7.34. The van der Waals surface area contributed by atoms with Gasteiger partial charge in [0.25, 0.3) is 0 Å². The highest BCUT2D eigenvalue weighted by Gasteiger charge is 2.16. The Bertz CT molecular complexity index is 341. The van der Waals surface area contributed by atoms with Crippen LogP contribution in [0.3, 0.4) is 0 Å². The van der Waals surface area contributed by atoms with Crippen molar-refractivity contribution < 1.29 is 5.11 Å². The fourth-order valence-electron chi connectivity index (χ4n) is 2.00. The standard InChI is InChI=1S/C14H24N2O/c1-4-7-11(2)16(3)10-14(17)12-8-5-6-9-13(12)15/h5-6,8-9,11,14,17H,4,7,10,15H2,1-3H3. The molecule has 1 rings (SSSR count). The molecular formula is C14H24N2O. The number of aliphatic hydroxyl groups is 1. The highest BCUT2D eigenvalue weighted by Crippen LogP contribution is 2.21. The maximum Gasteiger partial charge on any atom is 0.0936 e. The van der Waals surface area contributed by atoms with Gasteiger partial charge in [0, 0.05) is 23.8 Å². The summed E-state index contributed by atoms with van der Waals surface area (Å²) in [6.07, 6.45) is 1.79. The molecule has 3 heteroatoms. The van der Waals surface area contributed by atoms with Crippen molar-refractivity contribution in [3.05, 3.63) is 29.8 Å². The van der Waals surface area contributed by atoms with Gasteiger partial charge in [0.1, 0.15) is 0 Å². The Kier molecular flexibility index (Phi) is 5.45. The van der Waals surface area contributed by atoms with Crippen LogP contribution < -0.4 is 5.73 Å². The summed E-state index contributed by atoms with van der Waals surface area (Å²) in [5, 5.41) is 10.2. The summed E-state index contributed by atoms with van der Waals surface area (Å²) >= 11 is 0. The number of nitrogens with zero attached hydrogens (tertiary/aromatic N) is 1. The second-order valence-electron chi connectivity index (χ2n) is 4.72. The average molecular weight is 236 g/mol. The van der Waals surface area contributed by atoms with Crippen LogP contribution in [0.25, 0.3) is 0 Å². The molecule has 1 aromatic rings. The first-order valence-corrected chi connectivity index (χ1v) is 6.29. The maximum absolute atomic E-state index is 10.2. The first-order valence-electron chi connectivity index (χ1n) is 6.29. The second-order valence-corrected chi connectivity index (χ2v) is 4.72. The Morgan fingerprint density at radius 2 is 2.00 bits per heavy atom. The molecule has 0 spiro atoms. The molecule has 1 aromatic carbocycles. The minimum Gasteiger partial charge on any atom is -0.398 e. The van der Waals surface area contributed by atoms with Crippen LogP contribution in [0.1, 0.15) is 38.4 Å². The predicted molar refractivity (Wildman–Crippen MR) is 72.8 cm³/mol. The van der Waals surface area contributed by atoms with Crippen LogP contribution in [0.4, 0.5) is 5.69 Å². The Morgan fingerprint density at radius 3 is 2.59 bits per heavy atom. The van der Waals surface area contributed by atoms with Gasteiger partial charge < -0.3 is 15.7 Å². The molecule has 0 saturated carbocycles. The predicted octanol–water partition coefficient (Wildman–Crippen LogP) is 2.42. The fraction of sp³-hybridized carbons (Fsp3) is 0.571. The van der Waals surface area contributed by atoms with E-state index >= 15 is 0 Å². The van der Waals surface area contributed by atoms with Gasteiger partial charge in [0.2, 0.25) is 0 Å². The zero-order chi connectivity index (χ0) is 12.8. The molecule has 0 aromatic heterocycles. The third kappa shape index (κ3) is 4.02. The molecule has 0 bridgehead atoms. The highest BCUT2D eigenvalue weighted by molar-refractivity contribution is 5.47. The molecule has 2 unspecified atom stereocenters. The molecule has 0 aliphatic rings. The van der Waals surface area contributed by atoms with Crippen LogP contribution in [0.15, 0.2) is 24.3 Å². The van der Waals surface area contributed by atoms with E-state index in [1.165, 1.54) is 0 Å². The van der Waals surface area contributed by atoms with Crippen molar-refractivity contribution in [3.63, 3.8) is 0 Å². The maximum atomic E-state index is 10.2. The lowest BCUT2D eigenvalue weighted by molar-refractivity contribution is 0.106. The first-order chi connectivity index (χ1) is 8.06. The van der Waals surface area contributed by atoms with Gasteiger partial charge in [0.15, 0.2) is 0 Å². The summed E-state index contributed by atoms with van der Waals surface area (Å²) < 4.78 is 0. The van der Waals surface area contributed by atoms with E-state index in [4.69, 9.17) is 5.73 Å². The van der Waals surface area contributed by atoms with E-state index in [0.29, 0.717) is 18.3 Å². The van der Waals surface area contributed by atoms with Crippen LogP contribution in [0, 0.1) is 0 Å². The number of benzene rings is 1. The van der Waals surface area contributed by atoms with Crippen molar-refractivity contribution in [2.45, 2.75) is 38.8 Å². The lowest BCUT2D eigenvalue weighted by atomic mass is 10.1. The van der Waals surface area contributed by atoms with E-state index < -0.39 is 6.10 Å². The van der Waals surface area contributed by atoms with Crippen molar-refractivity contribution in [2.75, 3.05) is 19.3 Å². The number of hydrogen-bond donors (Lipinski definition) is 2. The van der Waals surface area contributed by atoms with Crippen molar-refractivity contribution in [3.8, 4) is 0 Å². The Morgan fingerprint density at radius 1 is 1.35 bits per heavy atom. The quantitative estimate of drug-likeness (QED) is 0.746. The largest absolute Gasteiger partial charge is 0.398 e. The summed E-state index contributed by atoms with van der Waals surface area (Å²) in [4.78, 5) is 2.18. The molecule has 0 aliphatic heterocycles. The minimum absolute atomic E-state index is 0.486. The zero-order valence-corrected chi connectivity index (χ0v) is 11.1. The number of aliphatic hydroxyl groups excluding tert-OH is 1. The van der Waals surface area contributed by atoms with Gasteiger partial charge in [-0.3, -0.25) is 0 Å². The smallest absolute Gasteiger partial charge is 0.0936 e. The van der Waals surface area contributed by atoms with E-state index in [1.54, 1.807) is 0 Å². The van der Waals surface area contributed by atoms with Gasteiger partial charge in [0.05, 0.1) is 6.10 Å². The average Bonchev–Trinajstić information content (AvgIpc) is 2.29. The van der Waals surface area contributed by atoms with Crippen molar-refractivity contribution in [1.82, 2.24) is 4.90 Å². The van der Waals surface area contributed by atoms with Crippen LogP contribution in [-0.4, -0.2) is 29.6 Å². The van der Waals surface area contributed by atoms with Crippen molar-refractivity contribution >= 4 is 5.69 Å². The van der Waals surface area contributed by atoms with Gasteiger partial charge in [-0.25, -0.2) is 0 Å². The second kappa shape index (κ2) is 6.62. The number of anilines is 1. The Hall–Kier alpha value is -1.06. The van der Waals surface area contributed by atoms with E-state index in [-0.39, 0.29) is 0 Å². The zero-order valence-electron chi connectivity index (χ0n) is 11.1. The van der Waals surface area contributed by atoms with Crippen LogP contribution >= 0.6 is 0 Å². The summed E-state index contributed by atoms with van der Waals surface area (Å²) in [7, 11) is 2.04. The van der Waals surface area contributed by atoms with E-state index in [0.717, 1.165) is 18.4 Å². The molecule has 0 heterocycles. The SMILES string of the molecule is CCCC(C)N(C)CC(O)c1ccccc1N. The minimum atomic E-state index is -0.513. The molecule has 2 atom stereocenters. The number of nitrogens with two attached hydrogens (primary N) is 1. The van der Waals surface area contributed by atoms with E-state index in [2.05, 4.69) is 18.7 Å². The molecule has 0 fully saturated rings. The van der Waals surface area contributed by atoms with Gasteiger partial charge >= 0.3 is 0 Å². The topological polar surface area (TPSA) is 49.5 Å². The summed E-state index contributed by atoms with van der Waals surface area (Å²) in [6.45, 7) is 4.98. The lowest BCUT2D eigenvalue weighted by Crippen LogP contribution is -2.33. The fourth-order valence-corrected chi connectivity index (χ4v) is 2.00. The molecule has 3 nitrogen and oxygen atoms in total. The van der Waals surface area contributed by atoms with Crippen molar-refractivity contribution in [1.29, 1.82) is 0 Å². The Labute approximate surface area is 104 Å². The van der Waals surface area contributed by atoms with E-state index in [1.807, 2.05) is 31.3 Å². The van der Waals surface area contributed by atoms with Gasteiger partial charge in [-0.15, -0.1) is 0 Å². The molecule has 17 heavy (non-hydrogen) atoms. The Balaban J connectivity index is 2.60. The molecule has 0 aliphatic carbocycles. The number of likely N-dealkylation sites (N-methyl/N-ethyl adjacent to an activating group) is 1. The molecule has 0 radical (unpaired) electrons. The highest BCUT2D eigenvalue weighted by atomic mass is 16.3. The molecule has 96 valence electrons. The number of rotatable bonds is 6. The molecular weight excluding hydrogens is 212 g/mol. The van der Waals surface area contributed by atoms with Crippen LogP contribution in [-0.2, 0) is 0 Å². The van der Waals surface area contributed by atoms with Gasteiger partial charge in [-0.05, 0) is 26.5 Å². The molecule has 3 N–H and O–H groups in total. The van der Waals surface area contributed by atoms with Crippen LogP contribution in [0.5, 0.6) is 0 Å². The normalized spacial score (nSPS) is 14.9. The number of para-hydroxylation sites is 1. The molecule has 0 amide bonds. The number of nitrogen functional groups attached to an aromatic ring is 1. The lowest BCUT2D eigenvalue weighted by Gasteiger charge is -2.27. The van der Waals surface area contributed by atoms with Gasteiger partial charge in [-0.1, -0.05) is 31.5 Å². The van der Waals surface area contributed by atoms with Crippen molar-refractivity contribution in [2.24, 2.45) is 0 Å². The summed E-state index contributed by atoms with van der Waals surface area (Å²) in [5.74, 6) is 0. The first kappa shape index (κ1) is 14.0. The number of hydrogen-bond acceptors (Lipinski definition) is 3. The summed E-state index contributed by atoms with van der Waals surface area (Å²) in [6, 6.07) is 7.99. The van der Waals surface area contributed by atoms with E-state index in [9.17, 15) is 5.11 Å². The third-order valence-electron chi connectivity index (χ3n) is 3.27. The third-order valence-corrected chi connectivity index (χ3v) is 3.27. The molecule has 0 saturated heterocycles. The van der Waals surface area contributed by atoms with Crippen LogP contribution in [0.2, 0.25) is 0 Å². The monoisotopic (exact) mass is 236 g/mol. The van der Waals surface area contributed by atoms with Gasteiger partial charge in [-0.2, -0.15) is 0 Å².